The summed E-state index contributed by atoms with van der Waals surface area (Å²) in [6, 6.07) is 16.6. The normalized spacial score (nSPS) is 17.0. The molecule has 1 atom stereocenters. The van der Waals surface area contributed by atoms with Crippen molar-refractivity contribution in [3.63, 3.8) is 0 Å². The zero-order valence-electron chi connectivity index (χ0n) is 16.1. The topological polar surface area (TPSA) is 67.9 Å². The van der Waals surface area contributed by atoms with Gasteiger partial charge in [0.25, 0.3) is 0 Å². The summed E-state index contributed by atoms with van der Waals surface area (Å²) in [6.07, 6.45) is 2.15. The van der Waals surface area contributed by atoms with E-state index in [9.17, 15) is 9.59 Å². The Bertz CT molecular complexity index is 794. The van der Waals surface area contributed by atoms with Crippen LogP contribution in [0.4, 0.5) is 5.69 Å². The molecule has 0 aliphatic carbocycles. The Labute approximate surface area is 165 Å². The molecule has 0 radical (unpaired) electrons. The Morgan fingerprint density at radius 1 is 1.14 bits per heavy atom. The highest BCUT2D eigenvalue weighted by atomic mass is 16.5. The van der Waals surface area contributed by atoms with E-state index in [1.807, 2.05) is 30.3 Å². The SMILES string of the molecule is COC(=O)c1cccc(NC(=O)CN2CCCC(COc3ccccc3)C2)c1. The summed E-state index contributed by atoms with van der Waals surface area (Å²) in [7, 11) is 1.34. The molecule has 1 aliphatic heterocycles. The van der Waals surface area contributed by atoms with Gasteiger partial charge in [0.05, 0.1) is 25.8 Å². The fourth-order valence-electron chi connectivity index (χ4n) is 3.41. The summed E-state index contributed by atoms with van der Waals surface area (Å²) in [5.41, 5.74) is 1.00. The van der Waals surface area contributed by atoms with E-state index in [1.165, 1.54) is 7.11 Å². The number of likely N-dealkylation sites (tertiary alicyclic amines) is 1. The standard InChI is InChI=1S/C22H26N2O4/c1-27-22(26)18-8-5-9-19(13-18)23-21(25)15-24-12-6-7-17(14-24)16-28-20-10-3-2-4-11-20/h2-5,8-11,13,17H,6-7,12,14-16H2,1H3,(H,23,25). The number of amides is 1. The van der Waals surface area contributed by atoms with Crippen LogP contribution in [-0.2, 0) is 9.53 Å². The molecule has 1 heterocycles. The number of nitrogens with zero attached hydrogens (tertiary/aromatic N) is 1. The Balaban J connectivity index is 1.48. The average molecular weight is 382 g/mol. The molecule has 6 nitrogen and oxygen atoms in total. The number of esters is 1. The number of methoxy groups -OCH3 is 1. The predicted molar refractivity (Wildman–Crippen MR) is 108 cm³/mol. The minimum absolute atomic E-state index is 0.0911. The lowest BCUT2D eigenvalue weighted by Gasteiger charge is -2.32. The second-order valence-corrected chi connectivity index (χ2v) is 6.99. The van der Waals surface area contributed by atoms with E-state index in [4.69, 9.17) is 9.47 Å². The zero-order valence-corrected chi connectivity index (χ0v) is 16.1. The van der Waals surface area contributed by atoms with E-state index in [0.717, 1.165) is 31.7 Å². The van der Waals surface area contributed by atoms with E-state index in [-0.39, 0.29) is 5.91 Å². The van der Waals surface area contributed by atoms with Crippen LogP contribution in [0.5, 0.6) is 5.75 Å². The van der Waals surface area contributed by atoms with Gasteiger partial charge < -0.3 is 14.8 Å². The summed E-state index contributed by atoms with van der Waals surface area (Å²) in [4.78, 5) is 26.2. The third-order valence-corrected chi connectivity index (χ3v) is 4.77. The Hall–Kier alpha value is -2.86. The predicted octanol–water partition coefficient (Wildman–Crippen LogP) is 3.20. The van der Waals surface area contributed by atoms with Crippen LogP contribution in [0.1, 0.15) is 23.2 Å². The molecule has 0 spiro atoms. The Morgan fingerprint density at radius 2 is 1.96 bits per heavy atom. The number of para-hydroxylation sites is 1. The summed E-state index contributed by atoms with van der Waals surface area (Å²) < 4.78 is 10.6. The van der Waals surface area contributed by atoms with Gasteiger partial charge >= 0.3 is 5.97 Å². The molecule has 2 aromatic carbocycles. The molecule has 0 bridgehead atoms. The quantitative estimate of drug-likeness (QED) is 0.745. The van der Waals surface area contributed by atoms with Gasteiger partial charge in [0.15, 0.2) is 0 Å². The van der Waals surface area contributed by atoms with E-state index < -0.39 is 5.97 Å². The van der Waals surface area contributed by atoms with E-state index in [2.05, 4.69) is 10.2 Å². The lowest BCUT2D eigenvalue weighted by Crippen LogP contribution is -2.42. The van der Waals surface area contributed by atoms with Gasteiger partial charge in [-0.05, 0) is 49.7 Å². The molecule has 28 heavy (non-hydrogen) atoms. The molecule has 3 rings (SSSR count). The number of ether oxygens (including phenoxy) is 2. The first-order chi connectivity index (χ1) is 13.6. The molecule has 1 N–H and O–H groups in total. The van der Waals surface area contributed by atoms with Crippen molar-refractivity contribution in [3.05, 3.63) is 60.2 Å². The van der Waals surface area contributed by atoms with Crippen molar-refractivity contribution in [1.29, 1.82) is 0 Å². The number of hydrogen-bond acceptors (Lipinski definition) is 5. The maximum atomic E-state index is 12.4. The fourth-order valence-corrected chi connectivity index (χ4v) is 3.41. The van der Waals surface area contributed by atoms with E-state index >= 15 is 0 Å². The van der Waals surface area contributed by atoms with Crippen molar-refractivity contribution in [2.24, 2.45) is 5.92 Å². The van der Waals surface area contributed by atoms with Gasteiger partial charge in [-0.15, -0.1) is 0 Å². The third kappa shape index (κ3) is 5.82. The van der Waals surface area contributed by atoms with Crippen LogP contribution >= 0.6 is 0 Å². The van der Waals surface area contributed by atoms with Crippen LogP contribution in [0.15, 0.2) is 54.6 Å². The lowest BCUT2D eigenvalue weighted by atomic mass is 9.99. The van der Waals surface area contributed by atoms with Gasteiger partial charge in [-0.3, -0.25) is 9.69 Å². The van der Waals surface area contributed by atoms with Gasteiger partial charge in [0.2, 0.25) is 5.91 Å². The third-order valence-electron chi connectivity index (χ3n) is 4.77. The molecule has 1 aliphatic rings. The average Bonchev–Trinajstić information content (AvgIpc) is 2.73. The number of carbonyl (C=O) groups excluding carboxylic acids is 2. The molecule has 2 aromatic rings. The number of anilines is 1. The molecule has 0 saturated carbocycles. The summed E-state index contributed by atoms with van der Waals surface area (Å²) in [5, 5.41) is 2.86. The molecule has 1 saturated heterocycles. The van der Waals surface area contributed by atoms with Crippen LogP contribution in [0.2, 0.25) is 0 Å². The van der Waals surface area contributed by atoms with Gasteiger partial charge in [-0.1, -0.05) is 24.3 Å². The number of hydrogen-bond donors (Lipinski definition) is 1. The maximum absolute atomic E-state index is 12.4. The highest BCUT2D eigenvalue weighted by molar-refractivity contribution is 5.95. The first kappa shape index (κ1) is 19.9. The summed E-state index contributed by atoms with van der Waals surface area (Å²) in [6.45, 7) is 2.72. The first-order valence-electron chi connectivity index (χ1n) is 9.52. The minimum Gasteiger partial charge on any atom is -0.493 e. The van der Waals surface area contributed by atoms with Crippen LogP contribution in [0, 0.1) is 5.92 Å². The van der Waals surface area contributed by atoms with Crippen LogP contribution in [0.3, 0.4) is 0 Å². The van der Waals surface area contributed by atoms with Crippen LogP contribution < -0.4 is 10.1 Å². The molecule has 1 amide bonds. The Kier molecular flexibility index (Phi) is 7.03. The maximum Gasteiger partial charge on any atom is 0.337 e. The molecular formula is C22H26N2O4. The van der Waals surface area contributed by atoms with Crippen molar-refractivity contribution in [2.75, 3.05) is 38.7 Å². The molecule has 148 valence electrons. The number of rotatable bonds is 7. The van der Waals surface area contributed by atoms with Gasteiger partial charge in [0, 0.05) is 18.2 Å². The van der Waals surface area contributed by atoms with Gasteiger partial charge in [-0.2, -0.15) is 0 Å². The number of carbonyl (C=O) groups is 2. The minimum atomic E-state index is -0.423. The highest BCUT2D eigenvalue weighted by Crippen LogP contribution is 2.19. The van der Waals surface area contributed by atoms with Gasteiger partial charge in [0.1, 0.15) is 5.75 Å². The molecular weight excluding hydrogens is 356 g/mol. The zero-order chi connectivity index (χ0) is 19.8. The first-order valence-corrected chi connectivity index (χ1v) is 9.52. The van der Waals surface area contributed by atoms with Crippen molar-refractivity contribution in [1.82, 2.24) is 4.90 Å². The van der Waals surface area contributed by atoms with E-state index in [1.54, 1.807) is 24.3 Å². The molecule has 1 unspecified atom stereocenters. The number of piperidine rings is 1. The monoisotopic (exact) mass is 382 g/mol. The second kappa shape index (κ2) is 9.90. The fraction of sp³-hybridized carbons (Fsp3) is 0.364. The van der Waals surface area contributed by atoms with Crippen molar-refractivity contribution >= 4 is 17.6 Å². The van der Waals surface area contributed by atoms with Gasteiger partial charge in [-0.25, -0.2) is 4.79 Å². The van der Waals surface area contributed by atoms with E-state index in [0.29, 0.717) is 30.3 Å². The largest absolute Gasteiger partial charge is 0.493 e. The van der Waals surface area contributed by atoms with Crippen LogP contribution in [0.25, 0.3) is 0 Å². The van der Waals surface area contributed by atoms with Crippen molar-refractivity contribution in [2.45, 2.75) is 12.8 Å². The van der Waals surface area contributed by atoms with Crippen molar-refractivity contribution in [3.8, 4) is 5.75 Å². The Morgan fingerprint density at radius 3 is 2.75 bits per heavy atom. The van der Waals surface area contributed by atoms with Crippen molar-refractivity contribution < 1.29 is 19.1 Å². The summed E-state index contributed by atoms with van der Waals surface area (Å²) >= 11 is 0. The highest BCUT2D eigenvalue weighted by Gasteiger charge is 2.22. The molecule has 0 aromatic heterocycles. The molecule has 1 fully saturated rings. The molecule has 6 heteroatoms. The number of benzene rings is 2. The lowest BCUT2D eigenvalue weighted by molar-refractivity contribution is -0.117. The smallest absolute Gasteiger partial charge is 0.337 e. The summed E-state index contributed by atoms with van der Waals surface area (Å²) in [5.74, 6) is 0.771. The second-order valence-electron chi connectivity index (χ2n) is 6.99. The number of nitrogens with one attached hydrogen (secondary N) is 1. The van der Waals surface area contributed by atoms with Crippen LogP contribution in [-0.4, -0.2) is 50.1 Å².